The molecule has 1 N–H and O–H groups in total. The van der Waals surface area contributed by atoms with Crippen molar-refractivity contribution in [3.63, 3.8) is 0 Å². The van der Waals surface area contributed by atoms with Crippen molar-refractivity contribution in [1.82, 2.24) is 0 Å². The van der Waals surface area contributed by atoms with Crippen LogP contribution in [0.15, 0.2) is 48.5 Å². The number of amides is 1. The van der Waals surface area contributed by atoms with Crippen LogP contribution in [0.4, 0.5) is 11.4 Å². The van der Waals surface area contributed by atoms with Crippen LogP contribution >= 0.6 is 0 Å². The largest absolute Gasteiger partial charge is 0.452 e. The first-order valence-corrected chi connectivity index (χ1v) is 7.20. The molecule has 1 amide bonds. The average molecular weight is 342 g/mol. The van der Waals surface area contributed by atoms with Gasteiger partial charge in [-0.25, -0.2) is 4.79 Å². The number of hydrogen-bond donors (Lipinski definition) is 1. The van der Waals surface area contributed by atoms with Crippen molar-refractivity contribution in [2.75, 3.05) is 11.9 Å². The smallest absolute Gasteiger partial charge is 0.345 e. The summed E-state index contributed by atoms with van der Waals surface area (Å²) in [6, 6.07) is 11.7. The van der Waals surface area contributed by atoms with Crippen molar-refractivity contribution in [3.8, 4) is 0 Å². The van der Waals surface area contributed by atoms with Crippen LogP contribution in [0.1, 0.15) is 27.6 Å². The quantitative estimate of drug-likeness (QED) is 0.373. The van der Waals surface area contributed by atoms with Crippen LogP contribution in [0.2, 0.25) is 0 Å². The van der Waals surface area contributed by atoms with Gasteiger partial charge >= 0.3 is 5.97 Å². The molecular weight excluding hydrogens is 328 g/mol. The molecule has 2 rings (SSSR count). The maximum Gasteiger partial charge on any atom is 0.345 e. The summed E-state index contributed by atoms with van der Waals surface area (Å²) in [6.45, 7) is 0.719. The van der Waals surface area contributed by atoms with Gasteiger partial charge in [0.15, 0.2) is 12.4 Å². The number of nitrogens with zero attached hydrogens (tertiary/aromatic N) is 1. The predicted molar refractivity (Wildman–Crippen MR) is 88.5 cm³/mol. The molecule has 0 aromatic heterocycles. The molecule has 0 aliphatic carbocycles. The van der Waals surface area contributed by atoms with Crippen LogP contribution in [0.5, 0.6) is 0 Å². The second kappa shape index (κ2) is 7.82. The molecule has 8 heteroatoms. The number of nitro groups is 1. The van der Waals surface area contributed by atoms with Crippen molar-refractivity contribution in [3.05, 3.63) is 69.8 Å². The summed E-state index contributed by atoms with van der Waals surface area (Å²) in [5.74, 6) is -1.88. The van der Waals surface area contributed by atoms with Gasteiger partial charge in [0.1, 0.15) is 5.56 Å². The molecule has 0 radical (unpaired) electrons. The summed E-state index contributed by atoms with van der Waals surface area (Å²) in [5, 5.41) is 13.4. The molecular formula is C17H14N2O6. The number of esters is 1. The predicted octanol–water partition coefficient (Wildman–Crippen LogP) is 2.59. The van der Waals surface area contributed by atoms with E-state index in [1.807, 2.05) is 0 Å². The Labute approximate surface area is 142 Å². The minimum atomic E-state index is -0.984. The number of benzene rings is 2. The minimum Gasteiger partial charge on any atom is -0.452 e. The Balaban J connectivity index is 2.03. The number of rotatable bonds is 6. The molecule has 0 aliphatic heterocycles. The fourth-order valence-corrected chi connectivity index (χ4v) is 2.10. The van der Waals surface area contributed by atoms with Gasteiger partial charge in [0, 0.05) is 11.6 Å². The molecule has 0 saturated heterocycles. The van der Waals surface area contributed by atoms with E-state index in [1.54, 1.807) is 24.3 Å². The lowest BCUT2D eigenvalue weighted by atomic mass is 10.1. The first-order chi connectivity index (χ1) is 11.9. The number of ether oxygens (including phenoxy) is 1. The van der Waals surface area contributed by atoms with E-state index >= 15 is 0 Å². The molecule has 0 aliphatic rings. The van der Waals surface area contributed by atoms with E-state index in [9.17, 15) is 24.5 Å². The lowest BCUT2D eigenvalue weighted by molar-refractivity contribution is -0.385. The highest BCUT2D eigenvalue weighted by atomic mass is 16.6. The molecule has 0 bridgehead atoms. The third kappa shape index (κ3) is 4.47. The van der Waals surface area contributed by atoms with Crippen LogP contribution < -0.4 is 5.32 Å². The fourth-order valence-electron chi connectivity index (χ4n) is 2.10. The lowest BCUT2D eigenvalue weighted by Crippen LogP contribution is -2.22. The van der Waals surface area contributed by atoms with E-state index in [1.165, 1.54) is 31.2 Å². The molecule has 2 aromatic carbocycles. The summed E-state index contributed by atoms with van der Waals surface area (Å²) in [7, 11) is 0. The SMILES string of the molecule is CC(=O)c1ccccc1NC(=O)COC(=O)c1ccccc1[N+](=O)[O-]. The first-order valence-electron chi connectivity index (χ1n) is 7.20. The summed E-state index contributed by atoms with van der Waals surface area (Å²) in [6.07, 6.45) is 0. The molecule has 2 aromatic rings. The van der Waals surface area contributed by atoms with E-state index in [2.05, 4.69) is 5.32 Å². The van der Waals surface area contributed by atoms with Crippen LogP contribution in [-0.2, 0) is 9.53 Å². The number of nitrogens with one attached hydrogen (secondary N) is 1. The number of hydrogen-bond acceptors (Lipinski definition) is 6. The van der Waals surface area contributed by atoms with Gasteiger partial charge in [-0.3, -0.25) is 19.7 Å². The Bertz CT molecular complexity index is 847. The number of Topliss-reactive ketones (excluding diaryl/α,β-unsaturated/α-hetero) is 1. The van der Waals surface area contributed by atoms with Crippen molar-refractivity contribution in [2.24, 2.45) is 0 Å². The summed E-state index contributed by atoms with van der Waals surface area (Å²) in [4.78, 5) is 45.5. The van der Waals surface area contributed by atoms with Crippen molar-refractivity contribution < 1.29 is 24.0 Å². The molecule has 8 nitrogen and oxygen atoms in total. The Kier molecular flexibility index (Phi) is 5.57. The highest BCUT2D eigenvalue weighted by molar-refractivity contribution is 6.04. The van der Waals surface area contributed by atoms with Crippen molar-refractivity contribution in [2.45, 2.75) is 6.92 Å². The van der Waals surface area contributed by atoms with E-state index in [0.717, 1.165) is 0 Å². The third-order valence-electron chi connectivity index (χ3n) is 3.24. The first kappa shape index (κ1) is 17.8. The second-order valence-corrected chi connectivity index (χ2v) is 5.00. The van der Waals surface area contributed by atoms with Gasteiger partial charge in [0.25, 0.3) is 11.6 Å². The number of nitro benzene ring substituents is 1. The van der Waals surface area contributed by atoms with Gasteiger partial charge in [-0.2, -0.15) is 0 Å². The summed E-state index contributed by atoms with van der Waals surface area (Å²) in [5.41, 5.74) is -0.0399. The van der Waals surface area contributed by atoms with E-state index in [4.69, 9.17) is 4.74 Å². The van der Waals surface area contributed by atoms with Gasteiger partial charge in [-0.1, -0.05) is 24.3 Å². The standard InChI is InChI=1S/C17H14N2O6/c1-11(20)12-6-2-4-8-14(12)18-16(21)10-25-17(22)13-7-3-5-9-15(13)19(23)24/h2-9H,10H2,1H3,(H,18,21). The van der Waals surface area contributed by atoms with Crippen LogP contribution in [0.3, 0.4) is 0 Å². The summed E-state index contributed by atoms with van der Waals surface area (Å²) >= 11 is 0. The van der Waals surface area contributed by atoms with Crippen LogP contribution in [0.25, 0.3) is 0 Å². The van der Waals surface area contributed by atoms with Gasteiger partial charge in [0.05, 0.1) is 10.6 Å². The molecule has 128 valence electrons. The minimum absolute atomic E-state index is 0.229. The highest BCUT2D eigenvalue weighted by Gasteiger charge is 2.21. The summed E-state index contributed by atoms with van der Waals surface area (Å²) < 4.78 is 4.81. The average Bonchev–Trinajstić information content (AvgIpc) is 2.60. The third-order valence-corrected chi connectivity index (χ3v) is 3.24. The van der Waals surface area contributed by atoms with Crippen LogP contribution in [0, 0.1) is 10.1 Å². The zero-order chi connectivity index (χ0) is 18.4. The Morgan fingerprint density at radius 2 is 1.64 bits per heavy atom. The van der Waals surface area contributed by atoms with Gasteiger partial charge in [-0.15, -0.1) is 0 Å². The molecule has 0 heterocycles. The number of carbonyl (C=O) groups excluding carboxylic acids is 3. The fraction of sp³-hybridized carbons (Fsp3) is 0.118. The van der Waals surface area contributed by atoms with Gasteiger partial charge < -0.3 is 10.1 Å². The van der Waals surface area contributed by atoms with Gasteiger partial charge in [-0.05, 0) is 25.1 Å². The number of ketones is 1. The van der Waals surface area contributed by atoms with Gasteiger partial charge in [0.2, 0.25) is 0 Å². The Morgan fingerprint density at radius 1 is 1.04 bits per heavy atom. The molecule has 0 unspecified atom stereocenters. The zero-order valence-electron chi connectivity index (χ0n) is 13.2. The topological polar surface area (TPSA) is 116 Å². The van der Waals surface area contributed by atoms with E-state index in [0.29, 0.717) is 11.3 Å². The molecule has 0 saturated carbocycles. The Morgan fingerprint density at radius 3 is 2.28 bits per heavy atom. The molecule has 25 heavy (non-hydrogen) atoms. The van der Waals surface area contributed by atoms with E-state index in [-0.39, 0.29) is 11.3 Å². The maximum atomic E-state index is 11.9. The molecule has 0 fully saturated rings. The molecule has 0 atom stereocenters. The maximum absolute atomic E-state index is 11.9. The van der Waals surface area contributed by atoms with Crippen LogP contribution in [-0.4, -0.2) is 29.2 Å². The van der Waals surface area contributed by atoms with Crippen molar-refractivity contribution >= 4 is 29.0 Å². The normalized spacial score (nSPS) is 9.96. The molecule has 0 spiro atoms. The van der Waals surface area contributed by atoms with E-state index < -0.39 is 29.1 Å². The Hall–Kier alpha value is -3.55. The second-order valence-electron chi connectivity index (χ2n) is 5.00. The number of para-hydroxylation sites is 2. The number of carbonyl (C=O) groups is 3. The monoisotopic (exact) mass is 342 g/mol. The zero-order valence-corrected chi connectivity index (χ0v) is 13.2. The van der Waals surface area contributed by atoms with Crippen molar-refractivity contribution in [1.29, 1.82) is 0 Å². The lowest BCUT2D eigenvalue weighted by Gasteiger charge is -2.09. The number of anilines is 1. The highest BCUT2D eigenvalue weighted by Crippen LogP contribution is 2.19.